The number of carbonyl (C=O) groups is 2. The Kier molecular flexibility index (Phi) is 6.14. The Balaban J connectivity index is 1.58. The summed E-state index contributed by atoms with van der Waals surface area (Å²) in [6.07, 6.45) is 1.54. The molecular weight excluding hydrogens is 390 g/mol. The Hall–Kier alpha value is -4.53. The summed E-state index contributed by atoms with van der Waals surface area (Å²) in [5.41, 5.74) is 4.19. The average Bonchev–Trinajstić information content (AvgIpc) is 2.75. The number of nitro groups is 1. The molecule has 0 atom stereocenters. The number of ether oxygens (including phenoxy) is 1. The van der Waals surface area contributed by atoms with Gasteiger partial charge in [-0.25, -0.2) is 9.59 Å². The van der Waals surface area contributed by atoms with E-state index in [-0.39, 0.29) is 22.6 Å². The van der Waals surface area contributed by atoms with Crippen LogP contribution in [-0.2, 0) is 0 Å². The normalized spacial score (nSPS) is 10.5. The number of hydrazone groups is 1. The maximum absolute atomic E-state index is 12.2. The van der Waals surface area contributed by atoms with Gasteiger partial charge in [-0.3, -0.25) is 15.5 Å². The molecule has 0 fully saturated rings. The minimum absolute atomic E-state index is 0.0768. The van der Waals surface area contributed by atoms with Gasteiger partial charge < -0.3 is 9.84 Å². The van der Waals surface area contributed by atoms with Gasteiger partial charge in [0.25, 0.3) is 5.69 Å². The summed E-state index contributed by atoms with van der Waals surface area (Å²) in [7, 11) is 0. The number of esters is 1. The molecule has 3 rings (SSSR count). The predicted molar refractivity (Wildman–Crippen MR) is 109 cm³/mol. The Labute approximate surface area is 170 Å². The lowest BCUT2D eigenvalue weighted by molar-refractivity contribution is -0.384. The summed E-state index contributed by atoms with van der Waals surface area (Å²) >= 11 is 0. The Morgan fingerprint density at radius 2 is 1.70 bits per heavy atom. The lowest BCUT2D eigenvalue weighted by atomic mass is 10.2. The van der Waals surface area contributed by atoms with E-state index in [0.717, 1.165) is 11.6 Å². The monoisotopic (exact) mass is 405 g/mol. The fourth-order valence-corrected chi connectivity index (χ4v) is 2.40. The molecule has 3 aromatic carbocycles. The Bertz CT molecular complexity index is 1110. The van der Waals surface area contributed by atoms with Crippen LogP contribution in [0, 0.1) is 10.1 Å². The van der Waals surface area contributed by atoms with Crippen molar-refractivity contribution in [1.29, 1.82) is 0 Å². The molecule has 0 saturated carbocycles. The van der Waals surface area contributed by atoms with Crippen molar-refractivity contribution in [2.24, 2.45) is 5.10 Å². The first-order valence-corrected chi connectivity index (χ1v) is 8.61. The van der Waals surface area contributed by atoms with Crippen molar-refractivity contribution in [1.82, 2.24) is 0 Å². The SMILES string of the molecule is O=C(O)c1ccc(NN=Cc2ccc(OC(=O)c3cccc([N+](=O)[O-])c3)cc2)cc1. The topological polar surface area (TPSA) is 131 Å². The van der Waals surface area contributed by atoms with Crippen molar-refractivity contribution in [3.63, 3.8) is 0 Å². The summed E-state index contributed by atoms with van der Waals surface area (Å²) in [6, 6.07) is 17.9. The highest BCUT2D eigenvalue weighted by molar-refractivity contribution is 5.92. The number of non-ortho nitro benzene ring substituents is 1. The van der Waals surface area contributed by atoms with E-state index in [0.29, 0.717) is 5.69 Å². The van der Waals surface area contributed by atoms with E-state index in [1.165, 1.54) is 36.5 Å². The molecule has 0 heterocycles. The van der Waals surface area contributed by atoms with E-state index in [1.54, 1.807) is 36.4 Å². The first-order valence-electron chi connectivity index (χ1n) is 8.61. The number of rotatable bonds is 7. The molecule has 0 aliphatic carbocycles. The minimum Gasteiger partial charge on any atom is -0.478 e. The lowest BCUT2D eigenvalue weighted by Gasteiger charge is -2.05. The smallest absolute Gasteiger partial charge is 0.343 e. The van der Waals surface area contributed by atoms with Crippen molar-refractivity contribution >= 4 is 29.5 Å². The largest absolute Gasteiger partial charge is 0.478 e. The second kappa shape index (κ2) is 9.11. The molecular formula is C21H15N3O6. The van der Waals surface area contributed by atoms with Crippen LogP contribution in [0.3, 0.4) is 0 Å². The number of carboxylic acid groups (broad SMARTS) is 1. The number of nitrogens with one attached hydrogen (secondary N) is 1. The zero-order valence-electron chi connectivity index (χ0n) is 15.4. The van der Waals surface area contributed by atoms with Gasteiger partial charge in [-0.2, -0.15) is 5.10 Å². The molecule has 0 spiro atoms. The van der Waals surface area contributed by atoms with Crippen LogP contribution in [0.15, 0.2) is 77.9 Å². The Morgan fingerprint density at radius 1 is 1.00 bits per heavy atom. The zero-order chi connectivity index (χ0) is 21.5. The number of hydrogen-bond donors (Lipinski definition) is 2. The van der Waals surface area contributed by atoms with Gasteiger partial charge in [0, 0.05) is 12.1 Å². The van der Waals surface area contributed by atoms with Crippen LogP contribution in [0.4, 0.5) is 11.4 Å². The molecule has 3 aromatic rings. The summed E-state index contributed by atoms with van der Waals surface area (Å²) in [5, 5.41) is 23.7. The zero-order valence-corrected chi connectivity index (χ0v) is 15.4. The van der Waals surface area contributed by atoms with Gasteiger partial charge in [0.1, 0.15) is 5.75 Å². The number of anilines is 1. The van der Waals surface area contributed by atoms with Gasteiger partial charge in [0.2, 0.25) is 0 Å². The standard InChI is InChI=1S/C21H15N3O6/c25-20(26)15-6-8-17(9-7-15)23-22-13-14-4-10-19(11-5-14)30-21(27)16-2-1-3-18(12-16)24(28)29/h1-13,23H,(H,25,26). The molecule has 9 nitrogen and oxygen atoms in total. The van der Waals surface area contributed by atoms with Gasteiger partial charge >= 0.3 is 11.9 Å². The summed E-state index contributed by atoms with van der Waals surface area (Å²) in [6.45, 7) is 0. The van der Waals surface area contributed by atoms with Crippen LogP contribution in [0.5, 0.6) is 5.75 Å². The van der Waals surface area contributed by atoms with Crippen molar-refractivity contribution in [2.45, 2.75) is 0 Å². The Morgan fingerprint density at radius 3 is 2.33 bits per heavy atom. The molecule has 0 aliphatic heterocycles. The second-order valence-electron chi connectivity index (χ2n) is 6.02. The molecule has 2 N–H and O–H groups in total. The molecule has 0 aliphatic rings. The van der Waals surface area contributed by atoms with Crippen molar-refractivity contribution < 1.29 is 24.4 Å². The van der Waals surface area contributed by atoms with Crippen molar-refractivity contribution in [3.8, 4) is 5.75 Å². The van der Waals surface area contributed by atoms with Crippen LogP contribution in [0.2, 0.25) is 0 Å². The highest BCUT2D eigenvalue weighted by atomic mass is 16.6. The maximum Gasteiger partial charge on any atom is 0.343 e. The summed E-state index contributed by atoms with van der Waals surface area (Å²) < 4.78 is 5.22. The van der Waals surface area contributed by atoms with Gasteiger partial charge in [-0.05, 0) is 60.2 Å². The fraction of sp³-hybridized carbons (Fsp3) is 0. The molecule has 9 heteroatoms. The minimum atomic E-state index is -1.00. The molecule has 0 unspecified atom stereocenters. The van der Waals surface area contributed by atoms with Crippen LogP contribution >= 0.6 is 0 Å². The van der Waals surface area contributed by atoms with Crippen molar-refractivity contribution in [2.75, 3.05) is 5.43 Å². The molecule has 30 heavy (non-hydrogen) atoms. The van der Waals surface area contributed by atoms with Crippen LogP contribution < -0.4 is 10.2 Å². The maximum atomic E-state index is 12.2. The number of nitrogens with zero attached hydrogens (tertiary/aromatic N) is 2. The third-order valence-corrected chi connectivity index (χ3v) is 3.92. The van der Waals surface area contributed by atoms with Crippen molar-refractivity contribution in [3.05, 3.63) is 99.6 Å². The van der Waals surface area contributed by atoms with E-state index in [4.69, 9.17) is 9.84 Å². The highest BCUT2D eigenvalue weighted by Gasteiger charge is 2.13. The number of carboxylic acids is 1. The van der Waals surface area contributed by atoms with Crippen LogP contribution in [0.1, 0.15) is 26.3 Å². The highest BCUT2D eigenvalue weighted by Crippen LogP contribution is 2.17. The summed E-state index contributed by atoms with van der Waals surface area (Å²) in [4.78, 5) is 33.2. The molecule has 0 radical (unpaired) electrons. The number of aromatic carboxylic acids is 1. The quantitative estimate of drug-likeness (QED) is 0.200. The molecule has 0 aromatic heterocycles. The third kappa shape index (κ3) is 5.26. The van der Waals surface area contributed by atoms with Crippen LogP contribution in [0.25, 0.3) is 0 Å². The molecule has 0 saturated heterocycles. The van der Waals surface area contributed by atoms with E-state index in [9.17, 15) is 19.7 Å². The van der Waals surface area contributed by atoms with Gasteiger partial charge in [-0.1, -0.05) is 6.07 Å². The van der Waals surface area contributed by atoms with E-state index >= 15 is 0 Å². The number of benzene rings is 3. The predicted octanol–water partition coefficient (Wildman–Crippen LogP) is 3.96. The molecule has 0 bridgehead atoms. The average molecular weight is 405 g/mol. The summed E-state index contributed by atoms with van der Waals surface area (Å²) in [5.74, 6) is -1.43. The molecule has 150 valence electrons. The van der Waals surface area contributed by atoms with E-state index in [1.807, 2.05) is 0 Å². The molecule has 0 amide bonds. The first kappa shape index (κ1) is 20.2. The number of nitro benzene ring substituents is 1. The first-order chi connectivity index (χ1) is 14.4. The van der Waals surface area contributed by atoms with Crippen LogP contribution in [-0.4, -0.2) is 28.2 Å². The lowest BCUT2D eigenvalue weighted by Crippen LogP contribution is -2.08. The van der Waals surface area contributed by atoms with E-state index < -0.39 is 16.9 Å². The number of carbonyl (C=O) groups excluding carboxylic acids is 1. The second-order valence-corrected chi connectivity index (χ2v) is 6.02. The van der Waals surface area contributed by atoms with Gasteiger partial charge in [0.15, 0.2) is 0 Å². The third-order valence-electron chi connectivity index (χ3n) is 3.92. The van der Waals surface area contributed by atoms with E-state index in [2.05, 4.69) is 10.5 Å². The fourth-order valence-electron chi connectivity index (χ4n) is 2.40. The number of hydrogen-bond acceptors (Lipinski definition) is 7. The van der Waals surface area contributed by atoms with Gasteiger partial charge in [0.05, 0.1) is 28.0 Å². The van der Waals surface area contributed by atoms with Gasteiger partial charge in [-0.15, -0.1) is 0 Å².